The number of rotatable bonds is 4. The fraction of sp³-hybridized carbons (Fsp3) is 0.429. The molecule has 0 aromatic heterocycles. The highest BCUT2D eigenvalue weighted by molar-refractivity contribution is 5.97. The molecule has 0 radical (unpaired) electrons. The molecule has 1 aromatic rings. The molecule has 0 aliphatic carbocycles. The zero-order chi connectivity index (χ0) is 14.0. The van der Waals surface area contributed by atoms with Crippen LogP contribution < -0.4 is 10.6 Å². The van der Waals surface area contributed by atoms with E-state index in [2.05, 4.69) is 10.6 Å². The third kappa shape index (κ3) is 2.86. The number of aliphatic carboxylic acids is 1. The topological polar surface area (TPSA) is 78.4 Å². The van der Waals surface area contributed by atoms with Gasteiger partial charge in [0.2, 0.25) is 0 Å². The van der Waals surface area contributed by atoms with Gasteiger partial charge in [0, 0.05) is 17.8 Å². The second-order valence-electron chi connectivity index (χ2n) is 5.08. The van der Waals surface area contributed by atoms with Crippen LogP contribution >= 0.6 is 0 Å². The molecule has 1 unspecified atom stereocenters. The van der Waals surface area contributed by atoms with E-state index < -0.39 is 12.0 Å². The van der Waals surface area contributed by atoms with Gasteiger partial charge in [-0.15, -0.1) is 0 Å². The first kappa shape index (κ1) is 13.4. The van der Waals surface area contributed by atoms with E-state index in [1.165, 1.54) is 5.56 Å². The highest BCUT2D eigenvalue weighted by Gasteiger charge is 2.24. The number of amides is 1. The molecule has 0 bridgehead atoms. The molecule has 0 fully saturated rings. The lowest BCUT2D eigenvalue weighted by Crippen LogP contribution is -2.44. The van der Waals surface area contributed by atoms with Crippen LogP contribution in [0, 0.1) is 5.92 Å². The van der Waals surface area contributed by atoms with Crippen molar-refractivity contribution in [2.75, 3.05) is 11.9 Å². The number of carboxylic acid groups (broad SMARTS) is 1. The summed E-state index contributed by atoms with van der Waals surface area (Å²) in [6.07, 6.45) is 0.959. The van der Waals surface area contributed by atoms with E-state index in [0.29, 0.717) is 5.56 Å². The van der Waals surface area contributed by atoms with Crippen molar-refractivity contribution in [2.45, 2.75) is 26.3 Å². The Bertz CT molecular complexity index is 511. The zero-order valence-electron chi connectivity index (χ0n) is 11.1. The number of hydrogen-bond donors (Lipinski definition) is 3. The molecule has 19 heavy (non-hydrogen) atoms. The Morgan fingerprint density at radius 1 is 1.37 bits per heavy atom. The normalized spacial score (nSPS) is 14.7. The number of benzene rings is 1. The number of fused-ring (bicyclic) bond motifs is 1. The standard InChI is InChI=1S/C14H18N2O3/c1-8(2)12(14(18)19)16-13(17)10-4-3-9-5-6-15-11(9)7-10/h3-4,7-8,12,15H,5-6H2,1-2H3,(H,16,17)(H,18,19). The van der Waals surface area contributed by atoms with Gasteiger partial charge in [-0.25, -0.2) is 4.79 Å². The Balaban J connectivity index is 2.13. The van der Waals surface area contributed by atoms with Gasteiger partial charge >= 0.3 is 5.97 Å². The molecule has 1 heterocycles. The van der Waals surface area contributed by atoms with Gasteiger partial charge in [0.1, 0.15) is 6.04 Å². The number of carbonyl (C=O) groups is 2. The van der Waals surface area contributed by atoms with Gasteiger partial charge in [-0.1, -0.05) is 19.9 Å². The van der Waals surface area contributed by atoms with Crippen LogP contribution in [0.5, 0.6) is 0 Å². The van der Waals surface area contributed by atoms with Crippen LogP contribution in [0.1, 0.15) is 29.8 Å². The number of nitrogens with one attached hydrogen (secondary N) is 2. The van der Waals surface area contributed by atoms with Crippen LogP contribution in [0.4, 0.5) is 5.69 Å². The highest BCUT2D eigenvalue weighted by Crippen LogP contribution is 2.23. The minimum absolute atomic E-state index is 0.158. The van der Waals surface area contributed by atoms with Gasteiger partial charge in [0.25, 0.3) is 5.91 Å². The summed E-state index contributed by atoms with van der Waals surface area (Å²) in [5.41, 5.74) is 2.64. The summed E-state index contributed by atoms with van der Waals surface area (Å²) < 4.78 is 0. The molecular formula is C14H18N2O3. The summed E-state index contributed by atoms with van der Waals surface area (Å²) in [5.74, 6) is -1.52. The van der Waals surface area contributed by atoms with Crippen LogP contribution in [-0.4, -0.2) is 29.6 Å². The second-order valence-corrected chi connectivity index (χ2v) is 5.08. The molecular weight excluding hydrogens is 244 g/mol. The van der Waals surface area contributed by atoms with E-state index in [0.717, 1.165) is 18.7 Å². The molecule has 5 heteroatoms. The van der Waals surface area contributed by atoms with Gasteiger partial charge in [0.05, 0.1) is 0 Å². The first-order valence-electron chi connectivity index (χ1n) is 6.39. The molecule has 3 N–H and O–H groups in total. The van der Waals surface area contributed by atoms with Gasteiger partial charge in [-0.3, -0.25) is 4.79 Å². The van der Waals surface area contributed by atoms with Crippen molar-refractivity contribution in [3.63, 3.8) is 0 Å². The lowest BCUT2D eigenvalue weighted by atomic mass is 10.0. The predicted octanol–water partition coefficient (Wildman–Crippen LogP) is 1.49. The zero-order valence-corrected chi connectivity index (χ0v) is 11.1. The summed E-state index contributed by atoms with van der Waals surface area (Å²) >= 11 is 0. The number of carbonyl (C=O) groups excluding carboxylic acids is 1. The molecule has 0 saturated carbocycles. The van der Waals surface area contributed by atoms with E-state index in [4.69, 9.17) is 5.11 Å². The number of hydrogen-bond acceptors (Lipinski definition) is 3. The van der Waals surface area contributed by atoms with Crippen molar-refractivity contribution in [3.8, 4) is 0 Å². The Morgan fingerprint density at radius 2 is 2.11 bits per heavy atom. The van der Waals surface area contributed by atoms with Gasteiger partial charge < -0.3 is 15.7 Å². The Hall–Kier alpha value is -2.04. The van der Waals surface area contributed by atoms with E-state index in [-0.39, 0.29) is 11.8 Å². The summed E-state index contributed by atoms with van der Waals surface area (Å²) in [6.45, 7) is 4.41. The first-order chi connectivity index (χ1) is 8.99. The first-order valence-corrected chi connectivity index (χ1v) is 6.39. The average molecular weight is 262 g/mol. The third-order valence-corrected chi connectivity index (χ3v) is 3.30. The maximum atomic E-state index is 12.1. The van der Waals surface area contributed by atoms with Gasteiger partial charge in [0.15, 0.2) is 0 Å². The average Bonchev–Trinajstić information content (AvgIpc) is 2.81. The molecule has 0 spiro atoms. The fourth-order valence-electron chi connectivity index (χ4n) is 2.17. The summed E-state index contributed by atoms with van der Waals surface area (Å²) in [5, 5.41) is 14.8. The van der Waals surface area contributed by atoms with Crippen LogP contribution in [0.3, 0.4) is 0 Å². The van der Waals surface area contributed by atoms with Crippen molar-refractivity contribution in [1.29, 1.82) is 0 Å². The number of carboxylic acids is 1. The van der Waals surface area contributed by atoms with Crippen LogP contribution in [-0.2, 0) is 11.2 Å². The Labute approximate surface area is 112 Å². The summed E-state index contributed by atoms with van der Waals surface area (Å²) in [4.78, 5) is 23.1. The predicted molar refractivity (Wildman–Crippen MR) is 72.4 cm³/mol. The van der Waals surface area contributed by atoms with E-state index >= 15 is 0 Å². The minimum Gasteiger partial charge on any atom is -0.480 e. The number of anilines is 1. The summed E-state index contributed by atoms with van der Waals surface area (Å²) in [6, 6.07) is 4.56. The van der Waals surface area contributed by atoms with Gasteiger partial charge in [-0.2, -0.15) is 0 Å². The lowest BCUT2D eigenvalue weighted by molar-refractivity contribution is -0.140. The lowest BCUT2D eigenvalue weighted by Gasteiger charge is -2.18. The van der Waals surface area contributed by atoms with Crippen molar-refractivity contribution >= 4 is 17.6 Å². The van der Waals surface area contributed by atoms with Crippen LogP contribution in [0.2, 0.25) is 0 Å². The van der Waals surface area contributed by atoms with Crippen molar-refractivity contribution in [2.24, 2.45) is 5.92 Å². The van der Waals surface area contributed by atoms with E-state index in [1.54, 1.807) is 26.0 Å². The molecule has 102 valence electrons. The van der Waals surface area contributed by atoms with Crippen molar-refractivity contribution in [1.82, 2.24) is 5.32 Å². The maximum Gasteiger partial charge on any atom is 0.326 e. The molecule has 0 saturated heterocycles. The smallest absolute Gasteiger partial charge is 0.326 e. The fourth-order valence-corrected chi connectivity index (χ4v) is 2.17. The van der Waals surface area contributed by atoms with Crippen LogP contribution in [0.25, 0.3) is 0 Å². The second kappa shape index (κ2) is 5.30. The molecule has 1 aliphatic rings. The Kier molecular flexibility index (Phi) is 3.74. The molecule has 1 aliphatic heterocycles. The summed E-state index contributed by atoms with van der Waals surface area (Å²) in [7, 11) is 0. The van der Waals surface area contributed by atoms with Gasteiger partial charge in [-0.05, 0) is 30.0 Å². The molecule has 5 nitrogen and oxygen atoms in total. The molecule has 1 amide bonds. The monoisotopic (exact) mass is 262 g/mol. The molecule has 2 rings (SSSR count). The molecule has 1 aromatic carbocycles. The van der Waals surface area contributed by atoms with E-state index in [9.17, 15) is 9.59 Å². The maximum absolute atomic E-state index is 12.1. The van der Waals surface area contributed by atoms with Crippen molar-refractivity contribution in [3.05, 3.63) is 29.3 Å². The minimum atomic E-state index is -1.01. The molecule has 1 atom stereocenters. The highest BCUT2D eigenvalue weighted by atomic mass is 16.4. The SMILES string of the molecule is CC(C)C(NC(=O)c1ccc2c(c1)NCC2)C(=O)O. The Morgan fingerprint density at radius 3 is 2.74 bits per heavy atom. The quantitative estimate of drug-likeness (QED) is 0.768. The van der Waals surface area contributed by atoms with Crippen LogP contribution in [0.15, 0.2) is 18.2 Å². The van der Waals surface area contributed by atoms with Crippen molar-refractivity contribution < 1.29 is 14.7 Å². The largest absolute Gasteiger partial charge is 0.480 e. The van der Waals surface area contributed by atoms with E-state index in [1.807, 2.05) is 6.07 Å². The third-order valence-electron chi connectivity index (χ3n) is 3.30.